The Labute approximate surface area is 128 Å². The van der Waals surface area contributed by atoms with E-state index in [1.807, 2.05) is 31.2 Å². The normalized spacial score (nSPS) is 10.0. The number of para-hydroxylation sites is 1. The lowest BCUT2D eigenvalue weighted by Crippen LogP contribution is -2.35. The molecule has 0 unspecified atom stereocenters. The van der Waals surface area contributed by atoms with E-state index in [4.69, 9.17) is 11.6 Å². The summed E-state index contributed by atoms with van der Waals surface area (Å²) in [7, 11) is 0. The quantitative estimate of drug-likeness (QED) is 0.857. The fraction of sp³-hybridized carbons (Fsp3) is 0.125. The van der Waals surface area contributed by atoms with Gasteiger partial charge in [0, 0.05) is 6.54 Å². The van der Waals surface area contributed by atoms with Crippen molar-refractivity contribution in [1.82, 2.24) is 5.32 Å². The van der Waals surface area contributed by atoms with Gasteiger partial charge in [-0.1, -0.05) is 53.6 Å². The van der Waals surface area contributed by atoms with Crippen LogP contribution in [0, 0.1) is 6.92 Å². The van der Waals surface area contributed by atoms with Gasteiger partial charge in [-0.25, -0.2) is 0 Å². The third kappa shape index (κ3) is 4.33. The van der Waals surface area contributed by atoms with Crippen LogP contribution in [0.4, 0.5) is 5.69 Å². The monoisotopic (exact) mass is 302 g/mol. The maximum atomic E-state index is 11.8. The molecule has 0 fully saturated rings. The van der Waals surface area contributed by atoms with E-state index in [1.165, 1.54) is 0 Å². The lowest BCUT2D eigenvalue weighted by Gasteiger charge is -2.08. The summed E-state index contributed by atoms with van der Waals surface area (Å²) in [5, 5.41) is 5.42. The first-order valence-corrected chi connectivity index (χ1v) is 6.83. The molecule has 4 nitrogen and oxygen atoms in total. The van der Waals surface area contributed by atoms with Gasteiger partial charge in [0.15, 0.2) is 0 Å². The number of hydrogen-bond donors (Lipinski definition) is 2. The minimum absolute atomic E-state index is 0.301. The number of amides is 2. The zero-order valence-corrected chi connectivity index (χ0v) is 12.3. The number of nitrogens with one attached hydrogen (secondary N) is 2. The molecule has 2 rings (SSSR count). The Morgan fingerprint density at radius 3 is 2.33 bits per heavy atom. The van der Waals surface area contributed by atoms with Gasteiger partial charge in [-0.3, -0.25) is 9.59 Å². The van der Waals surface area contributed by atoms with Crippen LogP contribution in [0.3, 0.4) is 0 Å². The summed E-state index contributed by atoms with van der Waals surface area (Å²) in [5.41, 5.74) is 2.48. The Bertz CT molecular complexity index is 654. The average Bonchev–Trinajstić information content (AvgIpc) is 2.48. The van der Waals surface area contributed by atoms with Crippen molar-refractivity contribution in [2.45, 2.75) is 13.5 Å². The fourth-order valence-corrected chi connectivity index (χ4v) is 1.89. The molecule has 0 heterocycles. The molecule has 0 saturated carbocycles. The van der Waals surface area contributed by atoms with Gasteiger partial charge in [-0.15, -0.1) is 0 Å². The van der Waals surface area contributed by atoms with Crippen LogP contribution in [-0.4, -0.2) is 11.8 Å². The Morgan fingerprint density at radius 2 is 1.67 bits per heavy atom. The van der Waals surface area contributed by atoms with E-state index in [1.54, 1.807) is 24.3 Å². The first-order valence-electron chi connectivity index (χ1n) is 6.45. The summed E-state index contributed by atoms with van der Waals surface area (Å²) in [6.45, 7) is 2.29. The zero-order chi connectivity index (χ0) is 15.2. The highest BCUT2D eigenvalue weighted by atomic mass is 35.5. The van der Waals surface area contributed by atoms with Crippen molar-refractivity contribution < 1.29 is 9.59 Å². The molecule has 0 spiro atoms. The van der Waals surface area contributed by atoms with Crippen LogP contribution in [0.2, 0.25) is 5.02 Å². The number of benzene rings is 2. The lowest BCUT2D eigenvalue weighted by atomic mass is 10.1. The van der Waals surface area contributed by atoms with Gasteiger partial charge in [0.05, 0.1) is 10.7 Å². The molecule has 108 valence electrons. The second kappa shape index (κ2) is 6.90. The summed E-state index contributed by atoms with van der Waals surface area (Å²) in [5.74, 6) is -1.44. The molecule has 0 aromatic heterocycles. The van der Waals surface area contributed by atoms with E-state index in [2.05, 4.69) is 10.6 Å². The van der Waals surface area contributed by atoms with Crippen LogP contribution in [0.15, 0.2) is 48.5 Å². The van der Waals surface area contributed by atoms with Gasteiger partial charge < -0.3 is 10.6 Å². The first kappa shape index (κ1) is 15.1. The van der Waals surface area contributed by atoms with Crippen LogP contribution < -0.4 is 10.6 Å². The van der Waals surface area contributed by atoms with E-state index in [0.717, 1.165) is 11.1 Å². The van der Waals surface area contributed by atoms with Crippen LogP contribution >= 0.6 is 11.6 Å². The topological polar surface area (TPSA) is 58.2 Å². The number of anilines is 1. The van der Waals surface area contributed by atoms with Crippen molar-refractivity contribution >= 4 is 29.1 Å². The number of carbonyl (C=O) groups excluding carboxylic acids is 2. The minimum atomic E-state index is -0.741. The molecule has 21 heavy (non-hydrogen) atoms. The van der Waals surface area contributed by atoms with Gasteiger partial charge in [-0.05, 0) is 24.6 Å². The van der Waals surface area contributed by atoms with E-state index in [9.17, 15) is 9.59 Å². The predicted molar refractivity (Wildman–Crippen MR) is 83.1 cm³/mol. The average molecular weight is 303 g/mol. The van der Waals surface area contributed by atoms with Crippen LogP contribution in [0.5, 0.6) is 0 Å². The molecule has 0 aliphatic rings. The summed E-state index contributed by atoms with van der Waals surface area (Å²) in [4.78, 5) is 23.5. The highest BCUT2D eigenvalue weighted by molar-refractivity contribution is 6.41. The maximum absolute atomic E-state index is 11.8. The number of rotatable bonds is 3. The van der Waals surface area contributed by atoms with E-state index < -0.39 is 11.8 Å². The van der Waals surface area contributed by atoms with Crippen molar-refractivity contribution in [3.63, 3.8) is 0 Å². The smallest absolute Gasteiger partial charge is 0.313 e. The molecule has 0 radical (unpaired) electrons. The molecule has 0 aliphatic carbocycles. The Hall–Kier alpha value is -2.33. The molecule has 2 amide bonds. The summed E-state index contributed by atoms with van der Waals surface area (Å²) >= 11 is 5.91. The second-order valence-electron chi connectivity index (χ2n) is 4.60. The molecule has 5 heteroatoms. The van der Waals surface area contributed by atoms with Crippen molar-refractivity contribution in [1.29, 1.82) is 0 Å². The molecule has 2 aromatic carbocycles. The predicted octanol–water partition coefficient (Wildman–Crippen LogP) is 2.90. The zero-order valence-electron chi connectivity index (χ0n) is 11.5. The van der Waals surface area contributed by atoms with Gasteiger partial charge >= 0.3 is 11.8 Å². The van der Waals surface area contributed by atoms with Crippen LogP contribution in [0.25, 0.3) is 0 Å². The molecule has 0 atom stereocenters. The molecular weight excluding hydrogens is 288 g/mol. The molecule has 2 N–H and O–H groups in total. The Balaban J connectivity index is 1.90. The van der Waals surface area contributed by atoms with E-state index in [0.29, 0.717) is 17.3 Å². The first-order chi connectivity index (χ1) is 10.1. The summed E-state index contributed by atoms with van der Waals surface area (Å²) in [6, 6.07) is 14.5. The second-order valence-corrected chi connectivity index (χ2v) is 5.01. The SMILES string of the molecule is Cc1ccc(CNC(=O)C(=O)Nc2ccccc2Cl)cc1. The van der Waals surface area contributed by atoms with E-state index >= 15 is 0 Å². The maximum Gasteiger partial charge on any atom is 0.313 e. The van der Waals surface area contributed by atoms with E-state index in [-0.39, 0.29) is 0 Å². The number of carbonyl (C=O) groups is 2. The highest BCUT2D eigenvalue weighted by Crippen LogP contribution is 2.20. The van der Waals surface area contributed by atoms with Crippen LogP contribution in [0.1, 0.15) is 11.1 Å². The molecule has 0 aliphatic heterocycles. The molecule has 0 bridgehead atoms. The van der Waals surface area contributed by atoms with Gasteiger partial charge in [-0.2, -0.15) is 0 Å². The van der Waals surface area contributed by atoms with Crippen molar-refractivity contribution in [3.05, 3.63) is 64.7 Å². The third-order valence-corrected chi connectivity index (χ3v) is 3.23. The minimum Gasteiger partial charge on any atom is -0.344 e. The van der Waals surface area contributed by atoms with Gasteiger partial charge in [0.2, 0.25) is 0 Å². The number of hydrogen-bond acceptors (Lipinski definition) is 2. The standard InChI is InChI=1S/C16H15ClN2O2/c1-11-6-8-12(9-7-11)10-18-15(20)16(21)19-14-5-3-2-4-13(14)17/h2-9H,10H2,1H3,(H,18,20)(H,19,21). The summed E-state index contributed by atoms with van der Waals surface area (Å²) < 4.78 is 0. The lowest BCUT2D eigenvalue weighted by molar-refractivity contribution is -0.136. The molecule has 0 saturated heterocycles. The largest absolute Gasteiger partial charge is 0.344 e. The highest BCUT2D eigenvalue weighted by Gasteiger charge is 2.14. The number of aryl methyl sites for hydroxylation is 1. The number of halogens is 1. The fourth-order valence-electron chi connectivity index (χ4n) is 1.71. The van der Waals surface area contributed by atoms with Crippen LogP contribution in [-0.2, 0) is 16.1 Å². The molecule has 2 aromatic rings. The Kier molecular flexibility index (Phi) is 4.95. The van der Waals surface area contributed by atoms with Crippen molar-refractivity contribution in [3.8, 4) is 0 Å². The summed E-state index contributed by atoms with van der Waals surface area (Å²) in [6.07, 6.45) is 0. The Morgan fingerprint density at radius 1 is 1.00 bits per heavy atom. The third-order valence-electron chi connectivity index (χ3n) is 2.90. The molecular formula is C16H15ClN2O2. The van der Waals surface area contributed by atoms with Gasteiger partial charge in [0.1, 0.15) is 0 Å². The van der Waals surface area contributed by atoms with Crippen molar-refractivity contribution in [2.75, 3.05) is 5.32 Å². The van der Waals surface area contributed by atoms with Gasteiger partial charge in [0.25, 0.3) is 0 Å². The van der Waals surface area contributed by atoms with Crippen molar-refractivity contribution in [2.24, 2.45) is 0 Å².